The van der Waals surface area contributed by atoms with Gasteiger partial charge in [-0.15, -0.1) is 0 Å². The molecule has 0 radical (unpaired) electrons. The van der Waals surface area contributed by atoms with Crippen LogP contribution < -0.4 is 5.32 Å². The molecular formula is C21H18FN3O. The van der Waals surface area contributed by atoms with Crippen molar-refractivity contribution in [3.05, 3.63) is 76.7 Å². The van der Waals surface area contributed by atoms with Gasteiger partial charge in [0, 0.05) is 36.1 Å². The van der Waals surface area contributed by atoms with Gasteiger partial charge in [0.1, 0.15) is 5.83 Å². The standard InChI is InChI=1S/C21H18FN3O/c1-13-4-2-3-5-14(13)10-17(22)20-11-15(6-8-23-20)19-12-16-18(25-19)7-9-24-21(16)26/h2-6,8,10-12,25H,7,9H2,1H3,(H,24,26). The smallest absolute Gasteiger partial charge is 0.253 e. The molecule has 0 saturated carbocycles. The predicted octanol–water partition coefficient (Wildman–Crippen LogP) is 4.14. The molecule has 5 heteroatoms. The lowest BCUT2D eigenvalue weighted by atomic mass is 10.1. The van der Waals surface area contributed by atoms with Crippen molar-refractivity contribution < 1.29 is 9.18 Å². The monoisotopic (exact) mass is 347 g/mol. The normalized spacial score (nSPS) is 14.1. The number of fused-ring (bicyclic) bond motifs is 1. The highest BCUT2D eigenvalue weighted by atomic mass is 19.1. The van der Waals surface area contributed by atoms with E-state index in [1.165, 1.54) is 6.08 Å². The summed E-state index contributed by atoms with van der Waals surface area (Å²) < 4.78 is 14.7. The van der Waals surface area contributed by atoms with Gasteiger partial charge in [0.2, 0.25) is 0 Å². The van der Waals surface area contributed by atoms with Crippen molar-refractivity contribution in [2.75, 3.05) is 6.54 Å². The highest BCUT2D eigenvalue weighted by Crippen LogP contribution is 2.27. The van der Waals surface area contributed by atoms with Crippen LogP contribution in [0.2, 0.25) is 0 Å². The number of aromatic amines is 1. The Kier molecular flexibility index (Phi) is 4.13. The first-order valence-corrected chi connectivity index (χ1v) is 8.51. The number of amides is 1. The maximum absolute atomic E-state index is 14.7. The van der Waals surface area contributed by atoms with Crippen LogP contribution in [-0.4, -0.2) is 22.4 Å². The minimum absolute atomic E-state index is 0.0753. The maximum Gasteiger partial charge on any atom is 0.253 e. The molecule has 0 fully saturated rings. The van der Waals surface area contributed by atoms with Crippen LogP contribution in [0.1, 0.15) is 32.9 Å². The number of aromatic nitrogens is 2. The van der Waals surface area contributed by atoms with Crippen LogP contribution in [0.5, 0.6) is 0 Å². The molecule has 0 atom stereocenters. The third-order valence-corrected chi connectivity index (χ3v) is 4.59. The zero-order chi connectivity index (χ0) is 18.1. The first-order chi connectivity index (χ1) is 12.6. The Morgan fingerprint density at radius 3 is 2.88 bits per heavy atom. The number of pyridine rings is 1. The molecular weight excluding hydrogens is 329 g/mol. The molecule has 0 bridgehead atoms. The number of hydrogen-bond donors (Lipinski definition) is 2. The van der Waals surface area contributed by atoms with Crippen molar-refractivity contribution in [2.45, 2.75) is 13.3 Å². The van der Waals surface area contributed by atoms with E-state index >= 15 is 0 Å². The summed E-state index contributed by atoms with van der Waals surface area (Å²) in [5.41, 5.74) is 5.25. The number of aryl methyl sites for hydroxylation is 1. The van der Waals surface area contributed by atoms with Crippen molar-refractivity contribution in [3.8, 4) is 11.3 Å². The molecule has 3 heterocycles. The van der Waals surface area contributed by atoms with Gasteiger partial charge >= 0.3 is 0 Å². The molecule has 0 spiro atoms. The average molecular weight is 347 g/mol. The van der Waals surface area contributed by atoms with Crippen LogP contribution in [0.15, 0.2) is 48.7 Å². The number of rotatable bonds is 3. The number of carbonyl (C=O) groups is 1. The first kappa shape index (κ1) is 16.3. The van der Waals surface area contributed by atoms with Crippen LogP contribution in [-0.2, 0) is 6.42 Å². The topological polar surface area (TPSA) is 57.8 Å². The summed E-state index contributed by atoms with van der Waals surface area (Å²) >= 11 is 0. The lowest BCUT2D eigenvalue weighted by Crippen LogP contribution is -2.31. The molecule has 0 aliphatic carbocycles. The second-order valence-corrected chi connectivity index (χ2v) is 6.36. The Hall–Kier alpha value is -3.21. The number of nitrogens with one attached hydrogen (secondary N) is 2. The zero-order valence-electron chi connectivity index (χ0n) is 14.3. The fraction of sp³-hybridized carbons (Fsp3) is 0.143. The van der Waals surface area contributed by atoms with Gasteiger partial charge < -0.3 is 10.3 Å². The molecule has 2 N–H and O–H groups in total. The second kappa shape index (κ2) is 6.59. The Morgan fingerprint density at radius 2 is 2.08 bits per heavy atom. The summed E-state index contributed by atoms with van der Waals surface area (Å²) in [7, 11) is 0. The number of halogens is 1. The average Bonchev–Trinajstić information content (AvgIpc) is 3.09. The minimum atomic E-state index is -0.393. The van der Waals surface area contributed by atoms with Crippen LogP contribution in [0.4, 0.5) is 4.39 Å². The van der Waals surface area contributed by atoms with Gasteiger partial charge in [-0.1, -0.05) is 24.3 Å². The molecule has 1 aliphatic rings. The van der Waals surface area contributed by atoms with Gasteiger partial charge in [-0.25, -0.2) is 4.39 Å². The third kappa shape index (κ3) is 3.04. The first-order valence-electron chi connectivity index (χ1n) is 8.51. The van der Waals surface area contributed by atoms with Crippen LogP contribution in [0.3, 0.4) is 0 Å². The van der Waals surface area contributed by atoms with Crippen LogP contribution >= 0.6 is 0 Å². The quantitative estimate of drug-likeness (QED) is 0.748. The van der Waals surface area contributed by atoms with Gasteiger partial charge in [-0.2, -0.15) is 0 Å². The van der Waals surface area contributed by atoms with E-state index in [1.807, 2.05) is 37.3 Å². The van der Waals surface area contributed by atoms with Gasteiger partial charge in [0.15, 0.2) is 0 Å². The van der Waals surface area contributed by atoms with Crippen molar-refractivity contribution in [1.82, 2.24) is 15.3 Å². The molecule has 2 aromatic heterocycles. The molecule has 4 rings (SSSR count). The van der Waals surface area contributed by atoms with E-state index in [4.69, 9.17) is 0 Å². The fourth-order valence-electron chi connectivity index (χ4n) is 3.14. The van der Waals surface area contributed by atoms with Crippen molar-refractivity contribution in [2.24, 2.45) is 0 Å². The highest BCUT2D eigenvalue weighted by molar-refractivity contribution is 5.97. The molecule has 1 aliphatic heterocycles. The van der Waals surface area contributed by atoms with Gasteiger partial charge in [-0.05, 0) is 42.3 Å². The molecule has 1 amide bonds. The summed E-state index contributed by atoms with van der Waals surface area (Å²) in [5, 5.41) is 2.82. The van der Waals surface area contributed by atoms with Gasteiger partial charge in [0.25, 0.3) is 5.91 Å². The van der Waals surface area contributed by atoms with E-state index in [1.54, 1.807) is 18.3 Å². The van der Waals surface area contributed by atoms with Crippen molar-refractivity contribution in [3.63, 3.8) is 0 Å². The lowest BCUT2D eigenvalue weighted by molar-refractivity contribution is 0.0946. The van der Waals surface area contributed by atoms with E-state index < -0.39 is 5.83 Å². The summed E-state index contributed by atoms with van der Waals surface area (Å²) in [6, 6.07) is 12.9. The Bertz CT molecular complexity index is 1020. The zero-order valence-corrected chi connectivity index (χ0v) is 14.3. The number of H-pyrrole nitrogens is 1. The number of hydrogen-bond acceptors (Lipinski definition) is 2. The van der Waals surface area contributed by atoms with E-state index in [0.29, 0.717) is 12.1 Å². The largest absolute Gasteiger partial charge is 0.358 e. The second-order valence-electron chi connectivity index (χ2n) is 6.36. The van der Waals surface area contributed by atoms with E-state index in [9.17, 15) is 9.18 Å². The summed E-state index contributed by atoms with van der Waals surface area (Å²) in [6.45, 7) is 2.57. The van der Waals surface area contributed by atoms with Crippen LogP contribution in [0.25, 0.3) is 23.2 Å². The molecule has 0 saturated heterocycles. The van der Waals surface area contributed by atoms with E-state index in [-0.39, 0.29) is 11.6 Å². The van der Waals surface area contributed by atoms with Gasteiger partial charge in [-0.3, -0.25) is 9.78 Å². The molecule has 1 aromatic carbocycles. The lowest BCUT2D eigenvalue weighted by Gasteiger charge is -2.10. The van der Waals surface area contributed by atoms with Gasteiger partial charge in [0.05, 0.1) is 11.3 Å². The maximum atomic E-state index is 14.7. The Balaban J connectivity index is 1.69. The third-order valence-electron chi connectivity index (χ3n) is 4.59. The minimum Gasteiger partial charge on any atom is -0.358 e. The Labute approximate surface area is 150 Å². The van der Waals surface area contributed by atoms with Crippen molar-refractivity contribution >= 4 is 17.8 Å². The van der Waals surface area contributed by atoms with Crippen molar-refractivity contribution in [1.29, 1.82) is 0 Å². The molecule has 4 nitrogen and oxygen atoms in total. The fourth-order valence-corrected chi connectivity index (χ4v) is 3.14. The summed E-state index contributed by atoms with van der Waals surface area (Å²) in [6.07, 6.45) is 3.84. The van der Waals surface area contributed by atoms with E-state index in [0.717, 1.165) is 34.5 Å². The number of nitrogens with zero attached hydrogens (tertiary/aromatic N) is 1. The number of benzene rings is 1. The molecule has 3 aromatic rings. The molecule has 26 heavy (non-hydrogen) atoms. The SMILES string of the molecule is Cc1ccccc1C=C(F)c1cc(-c2cc3c([nH]2)CCNC3=O)ccn1. The predicted molar refractivity (Wildman–Crippen MR) is 100 cm³/mol. The Morgan fingerprint density at radius 1 is 1.23 bits per heavy atom. The molecule has 130 valence electrons. The number of carbonyl (C=O) groups excluding carboxylic acids is 1. The van der Waals surface area contributed by atoms with E-state index in [2.05, 4.69) is 15.3 Å². The summed E-state index contributed by atoms with van der Waals surface area (Å²) in [5.74, 6) is -0.469. The van der Waals surface area contributed by atoms with Crippen LogP contribution in [0, 0.1) is 6.92 Å². The summed E-state index contributed by atoms with van der Waals surface area (Å²) in [4.78, 5) is 19.4. The molecule has 0 unspecified atom stereocenters. The highest BCUT2D eigenvalue weighted by Gasteiger charge is 2.20.